The summed E-state index contributed by atoms with van der Waals surface area (Å²) in [4.78, 5) is 9.85. The van der Waals surface area contributed by atoms with Crippen molar-refractivity contribution in [3.63, 3.8) is 0 Å². The molecular formula is C29H38N4. The van der Waals surface area contributed by atoms with Gasteiger partial charge in [-0.1, -0.05) is 62.4 Å². The molecule has 4 heteroatoms. The quantitative estimate of drug-likeness (QED) is 0.272. The first-order valence-electron chi connectivity index (χ1n) is 12.5. The molecule has 0 aliphatic rings. The average Bonchev–Trinajstić information content (AvgIpc) is 3.17. The SMILES string of the molecule is CCN(CC)CCCN(C)c1cc2c3ccccc3n(CCCc3ccccc3)c2c(C)n1. The highest BCUT2D eigenvalue weighted by Gasteiger charge is 2.16. The number of anilines is 1. The van der Waals surface area contributed by atoms with Gasteiger partial charge in [-0.05, 0) is 63.5 Å². The van der Waals surface area contributed by atoms with Crippen molar-refractivity contribution < 1.29 is 0 Å². The highest BCUT2D eigenvalue weighted by Crippen LogP contribution is 2.33. The first-order chi connectivity index (χ1) is 16.1. The molecule has 0 bridgehead atoms. The lowest BCUT2D eigenvalue weighted by Gasteiger charge is -2.22. The Morgan fingerprint density at radius 1 is 0.848 bits per heavy atom. The monoisotopic (exact) mass is 442 g/mol. The van der Waals surface area contributed by atoms with Gasteiger partial charge in [-0.2, -0.15) is 0 Å². The van der Waals surface area contributed by atoms with Gasteiger partial charge < -0.3 is 14.4 Å². The topological polar surface area (TPSA) is 24.3 Å². The largest absolute Gasteiger partial charge is 0.360 e. The van der Waals surface area contributed by atoms with Gasteiger partial charge in [0.15, 0.2) is 0 Å². The Morgan fingerprint density at radius 3 is 2.33 bits per heavy atom. The molecule has 0 unspecified atom stereocenters. The third-order valence-electron chi connectivity index (χ3n) is 6.85. The standard InChI is InChI=1S/C29H38N4/c1-5-32(6-2)20-13-19-31(4)28-22-26-25-17-10-11-18-27(25)33(29(26)23(3)30-28)21-12-16-24-14-8-7-9-15-24/h7-11,14-15,17-18,22H,5-6,12-13,16,19-21H2,1-4H3. The van der Waals surface area contributed by atoms with Gasteiger partial charge in [-0.15, -0.1) is 0 Å². The number of benzene rings is 2. The van der Waals surface area contributed by atoms with Crippen molar-refractivity contribution in [2.24, 2.45) is 0 Å². The lowest BCUT2D eigenvalue weighted by atomic mass is 10.1. The van der Waals surface area contributed by atoms with E-state index in [1.54, 1.807) is 0 Å². The second-order valence-electron chi connectivity index (χ2n) is 9.02. The highest BCUT2D eigenvalue weighted by atomic mass is 15.2. The Labute approximate surface area is 198 Å². The summed E-state index contributed by atoms with van der Waals surface area (Å²) in [5.41, 5.74) is 5.12. The molecule has 0 radical (unpaired) electrons. The number of aryl methyl sites for hydroxylation is 3. The molecule has 4 nitrogen and oxygen atoms in total. The van der Waals surface area contributed by atoms with Crippen LogP contribution >= 0.6 is 0 Å². The van der Waals surface area contributed by atoms with Gasteiger partial charge in [0.1, 0.15) is 5.82 Å². The molecule has 0 spiro atoms. The summed E-state index contributed by atoms with van der Waals surface area (Å²) in [6.07, 6.45) is 3.36. The van der Waals surface area contributed by atoms with Crippen LogP contribution in [-0.4, -0.2) is 47.7 Å². The van der Waals surface area contributed by atoms with Crippen molar-refractivity contribution in [2.45, 2.75) is 46.6 Å². The third kappa shape index (κ3) is 5.22. The van der Waals surface area contributed by atoms with Crippen LogP contribution in [0, 0.1) is 6.92 Å². The zero-order chi connectivity index (χ0) is 23.2. The summed E-state index contributed by atoms with van der Waals surface area (Å²) >= 11 is 0. The number of aromatic nitrogens is 2. The molecule has 174 valence electrons. The second-order valence-corrected chi connectivity index (χ2v) is 9.02. The summed E-state index contributed by atoms with van der Waals surface area (Å²) in [6.45, 7) is 12.0. The molecule has 0 aliphatic heterocycles. The van der Waals surface area contributed by atoms with E-state index in [0.717, 1.165) is 63.5 Å². The maximum absolute atomic E-state index is 5.05. The zero-order valence-electron chi connectivity index (χ0n) is 20.7. The van der Waals surface area contributed by atoms with Crippen molar-refractivity contribution in [3.8, 4) is 0 Å². The first-order valence-corrected chi connectivity index (χ1v) is 12.5. The molecule has 33 heavy (non-hydrogen) atoms. The molecule has 0 atom stereocenters. The van der Waals surface area contributed by atoms with Crippen LogP contribution in [0.25, 0.3) is 21.8 Å². The number of hydrogen-bond donors (Lipinski definition) is 0. The predicted octanol–water partition coefficient (Wildman–Crippen LogP) is 6.30. The Kier molecular flexibility index (Phi) is 7.66. The molecule has 0 amide bonds. The average molecular weight is 443 g/mol. The number of para-hydroxylation sites is 1. The normalized spacial score (nSPS) is 11.7. The summed E-state index contributed by atoms with van der Waals surface area (Å²) in [7, 11) is 2.18. The molecule has 0 N–H and O–H groups in total. The van der Waals surface area contributed by atoms with Crippen molar-refractivity contribution in [1.82, 2.24) is 14.5 Å². The Balaban J connectivity index is 1.59. The fourth-order valence-electron chi connectivity index (χ4n) is 4.95. The number of hydrogen-bond acceptors (Lipinski definition) is 3. The smallest absolute Gasteiger partial charge is 0.129 e. The van der Waals surface area contributed by atoms with E-state index in [-0.39, 0.29) is 0 Å². The van der Waals surface area contributed by atoms with Crippen LogP contribution in [0.4, 0.5) is 5.82 Å². The van der Waals surface area contributed by atoms with Crippen molar-refractivity contribution in [2.75, 3.05) is 38.1 Å². The van der Waals surface area contributed by atoms with Gasteiger partial charge in [0.25, 0.3) is 0 Å². The van der Waals surface area contributed by atoms with E-state index in [0.29, 0.717) is 0 Å². The molecule has 4 rings (SSSR count). The molecule has 0 saturated heterocycles. The molecule has 2 aromatic heterocycles. The van der Waals surface area contributed by atoms with Crippen LogP contribution in [0.2, 0.25) is 0 Å². The van der Waals surface area contributed by atoms with E-state index in [2.05, 4.69) is 103 Å². The molecule has 4 aromatic rings. The number of pyridine rings is 1. The summed E-state index contributed by atoms with van der Waals surface area (Å²) in [5, 5.41) is 2.65. The van der Waals surface area contributed by atoms with Gasteiger partial charge in [0, 0.05) is 36.4 Å². The van der Waals surface area contributed by atoms with Crippen LogP contribution in [-0.2, 0) is 13.0 Å². The number of fused-ring (bicyclic) bond motifs is 3. The van der Waals surface area contributed by atoms with Crippen molar-refractivity contribution in [1.29, 1.82) is 0 Å². The maximum Gasteiger partial charge on any atom is 0.129 e. The van der Waals surface area contributed by atoms with Gasteiger partial charge in [-0.25, -0.2) is 4.98 Å². The lowest BCUT2D eigenvalue weighted by Crippen LogP contribution is -2.28. The van der Waals surface area contributed by atoms with Crippen LogP contribution in [0.15, 0.2) is 60.7 Å². The lowest BCUT2D eigenvalue weighted by molar-refractivity contribution is 0.301. The van der Waals surface area contributed by atoms with E-state index >= 15 is 0 Å². The fraction of sp³-hybridized carbons (Fsp3) is 0.414. The molecule has 2 aromatic carbocycles. The van der Waals surface area contributed by atoms with Gasteiger partial charge in [0.2, 0.25) is 0 Å². The van der Waals surface area contributed by atoms with E-state index in [1.807, 2.05) is 0 Å². The minimum atomic E-state index is 1.00. The van der Waals surface area contributed by atoms with Crippen LogP contribution in [0.3, 0.4) is 0 Å². The van der Waals surface area contributed by atoms with Gasteiger partial charge in [-0.3, -0.25) is 0 Å². The first kappa shape index (κ1) is 23.3. The summed E-state index contributed by atoms with van der Waals surface area (Å²) in [5.74, 6) is 1.08. The third-order valence-corrected chi connectivity index (χ3v) is 6.85. The predicted molar refractivity (Wildman–Crippen MR) is 142 cm³/mol. The van der Waals surface area contributed by atoms with E-state index in [9.17, 15) is 0 Å². The summed E-state index contributed by atoms with van der Waals surface area (Å²) in [6, 6.07) is 21.9. The highest BCUT2D eigenvalue weighted by molar-refractivity contribution is 6.09. The zero-order valence-corrected chi connectivity index (χ0v) is 20.7. The maximum atomic E-state index is 5.05. The van der Waals surface area contributed by atoms with Crippen molar-refractivity contribution >= 4 is 27.6 Å². The molecular weight excluding hydrogens is 404 g/mol. The van der Waals surface area contributed by atoms with Crippen molar-refractivity contribution in [3.05, 3.63) is 71.9 Å². The van der Waals surface area contributed by atoms with Crippen LogP contribution in [0.1, 0.15) is 37.9 Å². The summed E-state index contributed by atoms with van der Waals surface area (Å²) < 4.78 is 2.49. The molecule has 2 heterocycles. The molecule has 0 saturated carbocycles. The Hall–Kier alpha value is -2.85. The fourth-order valence-corrected chi connectivity index (χ4v) is 4.95. The van der Waals surface area contributed by atoms with Gasteiger partial charge in [0.05, 0.1) is 11.2 Å². The Morgan fingerprint density at radius 2 is 1.58 bits per heavy atom. The Bertz CT molecular complexity index is 1170. The van der Waals surface area contributed by atoms with E-state index in [4.69, 9.17) is 4.98 Å². The number of rotatable bonds is 11. The minimum Gasteiger partial charge on any atom is -0.360 e. The van der Waals surface area contributed by atoms with E-state index in [1.165, 1.54) is 27.4 Å². The van der Waals surface area contributed by atoms with Gasteiger partial charge >= 0.3 is 0 Å². The molecule has 0 fully saturated rings. The van der Waals surface area contributed by atoms with Crippen LogP contribution < -0.4 is 4.90 Å². The molecule has 0 aliphatic carbocycles. The minimum absolute atomic E-state index is 1.00. The number of nitrogens with zero attached hydrogens (tertiary/aromatic N) is 4. The second kappa shape index (κ2) is 10.8. The van der Waals surface area contributed by atoms with Crippen LogP contribution in [0.5, 0.6) is 0 Å². The van der Waals surface area contributed by atoms with E-state index < -0.39 is 0 Å².